The Labute approximate surface area is 208 Å². The zero-order valence-electron chi connectivity index (χ0n) is 19.6. The monoisotopic (exact) mass is 486 g/mol. The highest BCUT2D eigenvalue weighted by molar-refractivity contribution is 7.99. The Balaban J connectivity index is 1.41. The number of benzene rings is 3. The van der Waals surface area contributed by atoms with Gasteiger partial charge in [-0.05, 0) is 43.7 Å². The van der Waals surface area contributed by atoms with E-state index in [9.17, 15) is 4.79 Å². The van der Waals surface area contributed by atoms with Gasteiger partial charge in [0, 0.05) is 17.3 Å². The van der Waals surface area contributed by atoms with E-state index >= 15 is 0 Å². The van der Waals surface area contributed by atoms with Gasteiger partial charge in [0.1, 0.15) is 0 Å². The van der Waals surface area contributed by atoms with Crippen molar-refractivity contribution >= 4 is 23.4 Å². The first kappa shape index (κ1) is 23.0. The standard InChI is InChI=1S/C27H26N4O3S/c1-19(2)31(22-11-7-4-8-12-22)25(32)17-35-27-29-28-26(21-9-5-3-6-10-21)30(27)16-20-13-14-23-24(15-20)34-18-33-23/h3-15,19H,16-18H2,1-2H3. The largest absolute Gasteiger partial charge is 0.454 e. The van der Waals surface area contributed by atoms with Crippen molar-refractivity contribution in [2.75, 3.05) is 17.4 Å². The Morgan fingerprint density at radius 2 is 1.69 bits per heavy atom. The van der Waals surface area contributed by atoms with Crippen LogP contribution in [0, 0.1) is 0 Å². The second-order valence-electron chi connectivity index (χ2n) is 8.43. The lowest BCUT2D eigenvalue weighted by molar-refractivity contribution is -0.116. The maximum Gasteiger partial charge on any atom is 0.237 e. The number of carbonyl (C=O) groups is 1. The number of carbonyl (C=O) groups excluding carboxylic acids is 1. The molecule has 0 radical (unpaired) electrons. The fraction of sp³-hybridized carbons (Fsp3) is 0.222. The molecule has 2 heterocycles. The third-order valence-corrected chi connectivity index (χ3v) is 6.62. The molecule has 0 atom stereocenters. The number of ether oxygens (including phenoxy) is 2. The molecule has 0 saturated carbocycles. The van der Waals surface area contributed by atoms with Crippen LogP contribution in [0.1, 0.15) is 19.4 Å². The number of nitrogens with zero attached hydrogens (tertiary/aromatic N) is 4. The number of para-hydroxylation sites is 1. The van der Waals surface area contributed by atoms with E-state index in [1.54, 1.807) is 0 Å². The average Bonchev–Trinajstić information content (AvgIpc) is 3.50. The number of aromatic nitrogens is 3. The number of anilines is 1. The van der Waals surface area contributed by atoms with Crippen LogP contribution in [0.3, 0.4) is 0 Å². The maximum atomic E-state index is 13.3. The molecular weight excluding hydrogens is 460 g/mol. The Bertz CT molecular complexity index is 1310. The summed E-state index contributed by atoms with van der Waals surface area (Å²) in [6.45, 7) is 4.81. The first-order valence-corrected chi connectivity index (χ1v) is 12.5. The van der Waals surface area contributed by atoms with Gasteiger partial charge in [0.15, 0.2) is 22.5 Å². The molecule has 0 saturated heterocycles. The lowest BCUT2D eigenvalue weighted by Crippen LogP contribution is -2.38. The van der Waals surface area contributed by atoms with E-state index in [2.05, 4.69) is 10.2 Å². The van der Waals surface area contributed by atoms with Gasteiger partial charge in [-0.15, -0.1) is 10.2 Å². The van der Waals surface area contributed by atoms with Crippen LogP contribution in [0.25, 0.3) is 11.4 Å². The fourth-order valence-electron chi connectivity index (χ4n) is 4.08. The van der Waals surface area contributed by atoms with Gasteiger partial charge in [-0.3, -0.25) is 9.36 Å². The molecule has 0 unspecified atom stereocenters. The van der Waals surface area contributed by atoms with E-state index in [0.717, 1.165) is 34.1 Å². The summed E-state index contributed by atoms with van der Waals surface area (Å²) in [5.41, 5.74) is 2.89. The number of thioether (sulfide) groups is 1. The third-order valence-electron chi connectivity index (χ3n) is 5.67. The van der Waals surface area contributed by atoms with Crippen molar-refractivity contribution in [3.63, 3.8) is 0 Å². The molecule has 8 heteroatoms. The minimum atomic E-state index is 0.0232. The van der Waals surface area contributed by atoms with Gasteiger partial charge >= 0.3 is 0 Å². The van der Waals surface area contributed by atoms with Crippen molar-refractivity contribution < 1.29 is 14.3 Å². The van der Waals surface area contributed by atoms with Crippen LogP contribution in [0.2, 0.25) is 0 Å². The average molecular weight is 487 g/mol. The number of fused-ring (bicyclic) bond motifs is 1. The fourth-order valence-corrected chi connectivity index (χ4v) is 4.87. The molecule has 0 aliphatic carbocycles. The van der Waals surface area contributed by atoms with E-state index < -0.39 is 0 Å². The quantitative estimate of drug-likeness (QED) is 0.317. The zero-order chi connectivity index (χ0) is 24.2. The molecular formula is C27H26N4O3S. The molecule has 1 aromatic heterocycles. The summed E-state index contributed by atoms with van der Waals surface area (Å²) >= 11 is 1.40. The minimum absolute atomic E-state index is 0.0232. The van der Waals surface area contributed by atoms with Crippen molar-refractivity contribution in [3.05, 3.63) is 84.4 Å². The van der Waals surface area contributed by atoms with Crippen molar-refractivity contribution in [1.82, 2.24) is 14.8 Å². The number of hydrogen-bond acceptors (Lipinski definition) is 6. The Kier molecular flexibility index (Phi) is 6.72. The van der Waals surface area contributed by atoms with Gasteiger partial charge in [0.05, 0.1) is 12.3 Å². The van der Waals surface area contributed by atoms with Crippen molar-refractivity contribution in [3.8, 4) is 22.9 Å². The molecule has 178 valence electrons. The van der Waals surface area contributed by atoms with Gasteiger partial charge in [0.2, 0.25) is 12.7 Å². The number of amides is 1. The highest BCUT2D eigenvalue weighted by Crippen LogP contribution is 2.34. The lowest BCUT2D eigenvalue weighted by Gasteiger charge is -2.26. The molecule has 4 aromatic rings. The molecule has 1 aliphatic rings. The predicted octanol–water partition coefficient (Wildman–Crippen LogP) is 5.26. The minimum Gasteiger partial charge on any atom is -0.454 e. The predicted molar refractivity (Wildman–Crippen MR) is 137 cm³/mol. The van der Waals surface area contributed by atoms with E-state index in [1.165, 1.54) is 11.8 Å². The summed E-state index contributed by atoms with van der Waals surface area (Å²) in [7, 11) is 0. The van der Waals surface area contributed by atoms with Crippen LogP contribution in [0.4, 0.5) is 5.69 Å². The number of hydrogen-bond donors (Lipinski definition) is 0. The topological polar surface area (TPSA) is 69.5 Å². The molecule has 3 aromatic carbocycles. The Hall–Kier alpha value is -3.78. The lowest BCUT2D eigenvalue weighted by atomic mass is 10.2. The van der Waals surface area contributed by atoms with Gasteiger partial charge in [-0.1, -0.05) is 66.4 Å². The van der Waals surface area contributed by atoms with E-state index in [1.807, 2.05) is 102 Å². The van der Waals surface area contributed by atoms with E-state index in [-0.39, 0.29) is 24.5 Å². The molecule has 5 rings (SSSR count). The summed E-state index contributed by atoms with van der Waals surface area (Å²) in [6.07, 6.45) is 0. The summed E-state index contributed by atoms with van der Waals surface area (Å²) in [5, 5.41) is 9.63. The SMILES string of the molecule is CC(C)N(C(=O)CSc1nnc(-c2ccccc2)n1Cc1ccc2c(c1)OCO2)c1ccccc1. The normalized spacial score (nSPS) is 12.2. The van der Waals surface area contributed by atoms with Crippen LogP contribution in [0.15, 0.2) is 84.0 Å². The maximum absolute atomic E-state index is 13.3. The number of rotatable bonds is 8. The summed E-state index contributed by atoms with van der Waals surface area (Å²) in [5.74, 6) is 2.51. The van der Waals surface area contributed by atoms with Crippen LogP contribution in [-0.2, 0) is 11.3 Å². The van der Waals surface area contributed by atoms with Crippen LogP contribution in [-0.4, -0.2) is 39.3 Å². The van der Waals surface area contributed by atoms with E-state index in [0.29, 0.717) is 11.7 Å². The van der Waals surface area contributed by atoms with Crippen molar-refractivity contribution in [2.24, 2.45) is 0 Å². The van der Waals surface area contributed by atoms with Gasteiger partial charge in [0.25, 0.3) is 0 Å². The molecule has 0 N–H and O–H groups in total. The molecule has 1 amide bonds. The van der Waals surface area contributed by atoms with Crippen LogP contribution < -0.4 is 14.4 Å². The highest BCUT2D eigenvalue weighted by atomic mass is 32.2. The third kappa shape index (κ3) is 5.02. The summed E-state index contributed by atoms with van der Waals surface area (Å²) in [4.78, 5) is 15.1. The van der Waals surface area contributed by atoms with Crippen LogP contribution >= 0.6 is 11.8 Å². The molecule has 0 spiro atoms. The Morgan fingerprint density at radius 3 is 2.43 bits per heavy atom. The van der Waals surface area contributed by atoms with Gasteiger partial charge < -0.3 is 14.4 Å². The van der Waals surface area contributed by atoms with Crippen molar-refractivity contribution in [2.45, 2.75) is 31.6 Å². The van der Waals surface area contributed by atoms with Gasteiger partial charge in [-0.2, -0.15) is 0 Å². The summed E-state index contributed by atoms with van der Waals surface area (Å²) < 4.78 is 13.1. The molecule has 35 heavy (non-hydrogen) atoms. The van der Waals surface area contributed by atoms with E-state index in [4.69, 9.17) is 9.47 Å². The van der Waals surface area contributed by atoms with Gasteiger partial charge in [-0.25, -0.2) is 0 Å². The van der Waals surface area contributed by atoms with Crippen molar-refractivity contribution in [1.29, 1.82) is 0 Å². The highest BCUT2D eigenvalue weighted by Gasteiger charge is 2.22. The molecule has 1 aliphatic heterocycles. The second kappa shape index (κ2) is 10.2. The molecule has 0 bridgehead atoms. The smallest absolute Gasteiger partial charge is 0.237 e. The van der Waals surface area contributed by atoms with Crippen LogP contribution in [0.5, 0.6) is 11.5 Å². The first-order valence-electron chi connectivity index (χ1n) is 11.5. The Morgan fingerprint density at radius 1 is 0.971 bits per heavy atom. The second-order valence-corrected chi connectivity index (χ2v) is 9.37. The molecule has 7 nitrogen and oxygen atoms in total. The summed E-state index contributed by atoms with van der Waals surface area (Å²) in [6, 6.07) is 25.6. The first-order chi connectivity index (χ1) is 17.1. The zero-order valence-corrected chi connectivity index (χ0v) is 20.4. The molecule has 0 fully saturated rings.